The zero-order valence-corrected chi connectivity index (χ0v) is 9.27. The Labute approximate surface area is 85.3 Å². The number of rotatable bonds is 2. The van der Waals surface area contributed by atoms with E-state index in [0.717, 1.165) is 12.3 Å². The topological polar surface area (TPSA) is 31.2 Å². The second-order valence-electron chi connectivity index (χ2n) is 4.32. The van der Waals surface area contributed by atoms with Gasteiger partial charge in [0.15, 0.2) is 0 Å². The number of hydrogen-bond donors (Lipinski definition) is 1. The van der Waals surface area contributed by atoms with Crippen LogP contribution in [0.3, 0.4) is 0 Å². The highest BCUT2D eigenvalue weighted by molar-refractivity contribution is 5.47. The molecule has 76 valence electrons. The predicted molar refractivity (Wildman–Crippen MR) is 57.8 cm³/mol. The van der Waals surface area contributed by atoms with Crippen molar-refractivity contribution in [1.82, 2.24) is 5.32 Å². The fourth-order valence-corrected chi connectivity index (χ4v) is 1.71. The molecule has 1 heterocycles. The van der Waals surface area contributed by atoms with Crippen LogP contribution in [0, 0.1) is 13.8 Å². The van der Waals surface area contributed by atoms with Crippen molar-refractivity contribution in [1.29, 1.82) is 0 Å². The average molecular weight is 191 g/mol. The van der Waals surface area contributed by atoms with Crippen molar-refractivity contribution in [2.45, 2.75) is 26.3 Å². The van der Waals surface area contributed by atoms with Gasteiger partial charge in [-0.05, 0) is 38.0 Å². The molecule has 1 saturated heterocycles. The zero-order valence-electron chi connectivity index (χ0n) is 9.27. The first-order valence-electron chi connectivity index (χ1n) is 4.97. The molecule has 2 heteroatoms. The summed E-state index contributed by atoms with van der Waals surface area (Å²) in [6, 6.07) is 4.35. The van der Waals surface area contributed by atoms with Crippen LogP contribution in [0.5, 0.6) is 5.75 Å². The fraction of sp³-hybridized carbons (Fsp3) is 0.500. The highest BCUT2D eigenvalue weighted by atomic mass is 16.5. The Kier molecular flexibility index (Phi) is 2.04. The minimum absolute atomic E-state index is 0.143. The summed E-state index contributed by atoms with van der Waals surface area (Å²) in [5.41, 5.74) is 4.04. The van der Waals surface area contributed by atoms with Crippen molar-refractivity contribution in [2.24, 2.45) is 0 Å². The van der Waals surface area contributed by atoms with Gasteiger partial charge in [-0.2, -0.15) is 0 Å². The molecule has 0 aromatic heterocycles. The van der Waals surface area contributed by atoms with Crippen molar-refractivity contribution in [3.8, 4) is 5.75 Å². The van der Waals surface area contributed by atoms with Crippen LogP contribution in [0.25, 0.3) is 0 Å². The van der Waals surface area contributed by atoms with Gasteiger partial charge in [0, 0.05) is 12.1 Å². The minimum atomic E-state index is 0.143. The Balaban J connectivity index is 2.52. The van der Waals surface area contributed by atoms with Crippen LogP contribution in [0.2, 0.25) is 0 Å². The van der Waals surface area contributed by atoms with Crippen LogP contribution in [-0.4, -0.2) is 13.7 Å². The average Bonchev–Trinajstić information content (AvgIpc) is 2.89. The predicted octanol–water partition coefficient (Wildman–Crippen LogP) is 2.13. The van der Waals surface area contributed by atoms with Gasteiger partial charge in [0.05, 0.1) is 12.6 Å². The van der Waals surface area contributed by atoms with E-state index in [0.29, 0.717) is 0 Å². The van der Waals surface area contributed by atoms with Crippen LogP contribution in [0.1, 0.15) is 23.6 Å². The van der Waals surface area contributed by atoms with Gasteiger partial charge in [-0.25, -0.2) is 0 Å². The van der Waals surface area contributed by atoms with E-state index in [1.165, 1.54) is 16.7 Å². The lowest BCUT2D eigenvalue weighted by Gasteiger charge is -2.15. The molecular weight excluding hydrogens is 174 g/mol. The van der Waals surface area contributed by atoms with E-state index >= 15 is 0 Å². The van der Waals surface area contributed by atoms with Gasteiger partial charge in [-0.3, -0.25) is 0 Å². The summed E-state index contributed by atoms with van der Waals surface area (Å²) in [6.07, 6.45) is 0. The van der Waals surface area contributed by atoms with Crippen LogP contribution in [0.4, 0.5) is 0 Å². The van der Waals surface area contributed by atoms with Gasteiger partial charge in [0.1, 0.15) is 5.75 Å². The van der Waals surface area contributed by atoms with E-state index in [2.05, 4.69) is 38.2 Å². The monoisotopic (exact) mass is 191 g/mol. The highest BCUT2D eigenvalue weighted by Gasteiger charge is 2.40. The Morgan fingerprint density at radius 1 is 1.29 bits per heavy atom. The van der Waals surface area contributed by atoms with Crippen LogP contribution < -0.4 is 10.1 Å². The van der Waals surface area contributed by atoms with Gasteiger partial charge < -0.3 is 10.1 Å². The van der Waals surface area contributed by atoms with Crippen molar-refractivity contribution in [2.75, 3.05) is 13.7 Å². The van der Waals surface area contributed by atoms with Crippen molar-refractivity contribution in [3.63, 3.8) is 0 Å². The molecule has 0 saturated carbocycles. The second kappa shape index (κ2) is 2.99. The summed E-state index contributed by atoms with van der Waals surface area (Å²) >= 11 is 0. The first-order valence-corrected chi connectivity index (χ1v) is 4.97. The van der Waals surface area contributed by atoms with Crippen molar-refractivity contribution < 1.29 is 4.74 Å². The summed E-state index contributed by atoms with van der Waals surface area (Å²) in [5, 5.41) is 3.37. The molecule has 1 atom stereocenters. The first kappa shape index (κ1) is 9.53. The normalized spacial score (nSPS) is 24.9. The van der Waals surface area contributed by atoms with Gasteiger partial charge in [0.25, 0.3) is 0 Å². The van der Waals surface area contributed by atoms with E-state index in [9.17, 15) is 0 Å². The number of nitrogens with one attached hydrogen (secondary N) is 1. The SMILES string of the molecule is COc1cc(C)c(C)cc1C1(C)CN1. The molecule has 0 aliphatic carbocycles. The first-order chi connectivity index (χ1) is 6.57. The quantitative estimate of drug-likeness (QED) is 0.726. The molecule has 1 N–H and O–H groups in total. The standard InChI is InChI=1S/C12H17NO/c1-8-5-10(12(3)7-13-12)11(14-4)6-9(8)2/h5-6,13H,7H2,1-4H3. The Hall–Kier alpha value is -1.02. The molecule has 0 amide bonds. The number of ether oxygens (including phenoxy) is 1. The molecule has 0 radical (unpaired) electrons. The van der Waals surface area contributed by atoms with E-state index in [4.69, 9.17) is 4.74 Å². The summed E-state index contributed by atoms with van der Waals surface area (Å²) in [5.74, 6) is 1.00. The van der Waals surface area contributed by atoms with Crippen LogP contribution >= 0.6 is 0 Å². The van der Waals surface area contributed by atoms with Gasteiger partial charge in [-0.1, -0.05) is 6.07 Å². The Bertz CT molecular complexity index is 367. The third-order valence-electron chi connectivity index (χ3n) is 3.12. The molecular formula is C12H17NO. The van der Waals surface area contributed by atoms with Crippen molar-refractivity contribution in [3.05, 3.63) is 28.8 Å². The van der Waals surface area contributed by atoms with Gasteiger partial charge >= 0.3 is 0 Å². The molecule has 0 bridgehead atoms. The summed E-state index contributed by atoms with van der Waals surface area (Å²) < 4.78 is 5.41. The van der Waals surface area contributed by atoms with Crippen molar-refractivity contribution >= 4 is 0 Å². The minimum Gasteiger partial charge on any atom is -0.496 e. The lowest BCUT2D eigenvalue weighted by atomic mass is 9.96. The number of benzene rings is 1. The van der Waals surface area contributed by atoms with Gasteiger partial charge in [0.2, 0.25) is 0 Å². The molecule has 0 spiro atoms. The maximum absolute atomic E-state index is 5.41. The maximum Gasteiger partial charge on any atom is 0.124 e. The molecule has 2 rings (SSSR count). The zero-order chi connectivity index (χ0) is 10.3. The molecule has 1 fully saturated rings. The second-order valence-corrected chi connectivity index (χ2v) is 4.32. The van der Waals surface area contributed by atoms with E-state index in [1.54, 1.807) is 7.11 Å². The summed E-state index contributed by atoms with van der Waals surface area (Å²) in [7, 11) is 1.74. The maximum atomic E-state index is 5.41. The largest absolute Gasteiger partial charge is 0.496 e. The molecule has 2 nitrogen and oxygen atoms in total. The number of methoxy groups -OCH3 is 1. The van der Waals surface area contributed by atoms with E-state index in [1.807, 2.05) is 0 Å². The molecule has 1 aromatic carbocycles. The number of hydrogen-bond acceptors (Lipinski definition) is 2. The summed E-state index contributed by atoms with van der Waals surface area (Å²) in [6.45, 7) is 7.51. The van der Waals surface area contributed by atoms with E-state index < -0.39 is 0 Å². The molecule has 1 aliphatic rings. The van der Waals surface area contributed by atoms with Crippen LogP contribution in [0.15, 0.2) is 12.1 Å². The van der Waals surface area contributed by atoms with E-state index in [-0.39, 0.29) is 5.54 Å². The Morgan fingerprint density at radius 2 is 1.86 bits per heavy atom. The number of aryl methyl sites for hydroxylation is 2. The van der Waals surface area contributed by atoms with Gasteiger partial charge in [-0.15, -0.1) is 0 Å². The third kappa shape index (κ3) is 1.40. The molecule has 1 aliphatic heterocycles. The smallest absolute Gasteiger partial charge is 0.124 e. The fourth-order valence-electron chi connectivity index (χ4n) is 1.71. The lowest BCUT2D eigenvalue weighted by molar-refractivity contribution is 0.404. The lowest BCUT2D eigenvalue weighted by Crippen LogP contribution is -2.09. The van der Waals surface area contributed by atoms with Crippen LogP contribution in [-0.2, 0) is 5.54 Å². The highest BCUT2D eigenvalue weighted by Crippen LogP contribution is 2.37. The Morgan fingerprint density at radius 3 is 2.36 bits per heavy atom. The molecule has 1 aromatic rings. The summed E-state index contributed by atoms with van der Waals surface area (Å²) in [4.78, 5) is 0. The molecule has 14 heavy (non-hydrogen) atoms. The molecule has 1 unspecified atom stereocenters. The third-order valence-corrected chi connectivity index (χ3v) is 3.12.